The summed E-state index contributed by atoms with van der Waals surface area (Å²) in [5.41, 5.74) is 6.98. The van der Waals surface area contributed by atoms with Crippen molar-refractivity contribution < 1.29 is 9.53 Å². The summed E-state index contributed by atoms with van der Waals surface area (Å²) in [5, 5.41) is 0. The van der Waals surface area contributed by atoms with E-state index in [-0.39, 0.29) is 5.91 Å². The number of benzene rings is 1. The molecular weight excluding hydrogens is 382 g/mol. The van der Waals surface area contributed by atoms with Gasteiger partial charge in [-0.1, -0.05) is 12.1 Å². The molecule has 0 N–H and O–H groups in total. The van der Waals surface area contributed by atoms with Crippen LogP contribution in [0.4, 0.5) is 0 Å². The van der Waals surface area contributed by atoms with Crippen LogP contribution >= 0.6 is 11.3 Å². The van der Waals surface area contributed by atoms with Gasteiger partial charge >= 0.3 is 0 Å². The van der Waals surface area contributed by atoms with Crippen LogP contribution in [0.1, 0.15) is 45.5 Å². The van der Waals surface area contributed by atoms with Gasteiger partial charge in [-0.25, -0.2) is 4.98 Å². The zero-order valence-corrected chi connectivity index (χ0v) is 17.8. The fourth-order valence-corrected chi connectivity index (χ4v) is 4.67. The summed E-state index contributed by atoms with van der Waals surface area (Å²) in [5.74, 6) is 1.33. The van der Waals surface area contributed by atoms with Crippen molar-refractivity contribution in [1.29, 1.82) is 0 Å². The molecule has 29 heavy (non-hydrogen) atoms. The third-order valence-electron chi connectivity index (χ3n) is 5.52. The Morgan fingerprint density at radius 1 is 1.14 bits per heavy atom. The van der Waals surface area contributed by atoms with Crippen molar-refractivity contribution >= 4 is 17.2 Å². The van der Waals surface area contributed by atoms with Gasteiger partial charge in [-0.15, -0.1) is 11.3 Å². The second kappa shape index (κ2) is 8.33. The number of carbonyl (C=O) groups excluding carboxylic acids is 1. The standard InChI is InChI=1S/C23H25N3O2S/c1-15-11-19(18-5-4-6-20(12-18)28-3)13-21(25-15)17-7-9-26(10-8-17)23(27)22-16(2)24-14-29-22/h4-6,11-14,17H,7-10H2,1-3H3. The molecule has 1 aliphatic heterocycles. The molecule has 3 heterocycles. The van der Waals surface area contributed by atoms with Crippen LogP contribution in [0.5, 0.6) is 5.75 Å². The maximum absolute atomic E-state index is 12.7. The number of thiazole rings is 1. The molecule has 1 saturated heterocycles. The fraction of sp³-hybridized carbons (Fsp3) is 0.348. The highest BCUT2D eigenvalue weighted by molar-refractivity contribution is 7.11. The summed E-state index contributed by atoms with van der Waals surface area (Å²) in [7, 11) is 1.69. The zero-order valence-electron chi connectivity index (χ0n) is 17.0. The molecule has 6 heteroatoms. The molecule has 2 aromatic heterocycles. The van der Waals surface area contributed by atoms with E-state index in [1.807, 2.05) is 30.9 Å². The van der Waals surface area contributed by atoms with Crippen LogP contribution in [0, 0.1) is 13.8 Å². The summed E-state index contributed by atoms with van der Waals surface area (Å²) in [4.78, 5) is 24.5. The first-order chi connectivity index (χ1) is 14.0. The topological polar surface area (TPSA) is 55.3 Å². The van der Waals surface area contributed by atoms with Crippen molar-refractivity contribution in [3.05, 3.63) is 63.9 Å². The molecule has 4 rings (SSSR count). The number of methoxy groups -OCH3 is 1. The Balaban J connectivity index is 1.50. The van der Waals surface area contributed by atoms with Gasteiger partial charge in [0.25, 0.3) is 5.91 Å². The highest BCUT2D eigenvalue weighted by Crippen LogP contribution is 2.32. The molecule has 0 atom stereocenters. The predicted octanol–water partition coefficient (Wildman–Crippen LogP) is 4.85. The number of piperidine rings is 1. The van der Waals surface area contributed by atoms with E-state index in [2.05, 4.69) is 29.2 Å². The number of hydrogen-bond acceptors (Lipinski definition) is 5. The summed E-state index contributed by atoms with van der Waals surface area (Å²) in [6, 6.07) is 12.4. The van der Waals surface area contributed by atoms with E-state index in [1.54, 1.807) is 12.6 Å². The number of ether oxygens (including phenoxy) is 1. The van der Waals surface area contributed by atoms with Crippen molar-refractivity contribution in [3.63, 3.8) is 0 Å². The lowest BCUT2D eigenvalue weighted by atomic mass is 9.91. The Morgan fingerprint density at radius 2 is 1.93 bits per heavy atom. The summed E-state index contributed by atoms with van der Waals surface area (Å²) in [6.45, 7) is 5.45. The molecule has 0 radical (unpaired) electrons. The maximum Gasteiger partial charge on any atom is 0.265 e. The quantitative estimate of drug-likeness (QED) is 0.620. The van der Waals surface area contributed by atoms with E-state index >= 15 is 0 Å². The number of rotatable bonds is 4. The van der Waals surface area contributed by atoms with Crippen LogP contribution in [0.3, 0.4) is 0 Å². The number of likely N-dealkylation sites (tertiary alicyclic amines) is 1. The molecule has 150 valence electrons. The lowest BCUT2D eigenvalue weighted by Gasteiger charge is -2.32. The van der Waals surface area contributed by atoms with Gasteiger partial charge in [0.2, 0.25) is 0 Å². The second-order valence-corrected chi connectivity index (χ2v) is 8.34. The van der Waals surface area contributed by atoms with Gasteiger partial charge in [0.05, 0.1) is 18.3 Å². The lowest BCUT2D eigenvalue weighted by molar-refractivity contribution is 0.0716. The highest BCUT2D eigenvalue weighted by Gasteiger charge is 2.27. The zero-order chi connectivity index (χ0) is 20.4. The van der Waals surface area contributed by atoms with Crippen LogP contribution in [0.2, 0.25) is 0 Å². The van der Waals surface area contributed by atoms with Crippen molar-refractivity contribution in [1.82, 2.24) is 14.9 Å². The summed E-state index contributed by atoms with van der Waals surface area (Å²) in [6.07, 6.45) is 1.86. The predicted molar refractivity (Wildman–Crippen MR) is 116 cm³/mol. The average molecular weight is 408 g/mol. The first-order valence-electron chi connectivity index (χ1n) is 9.87. The summed E-state index contributed by atoms with van der Waals surface area (Å²) >= 11 is 1.43. The Kier molecular flexibility index (Phi) is 5.62. The maximum atomic E-state index is 12.7. The minimum atomic E-state index is 0.109. The van der Waals surface area contributed by atoms with Gasteiger partial charge in [0.1, 0.15) is 10.6 Å². The molecule has 0 bridgehead atoms. The monoisotopic (exact) mass is 407 g/mol. The molecule has 0 aliphatic carbocycles. The number of nitrogens with zero attached hydrogens (tertiary/aromatic N) is 3. The SMILES string of the molecule is COc1cccc(-c2cc(C)nc(C3CCN(C(=O)c4scnc4C)CC3)c2)c1. The smallest absolute Gasteiger partial charge is 0.265 e. The number of hydrogen-bond donors (Lipinski definition) is 0. The molecule has 0 saturated carbocycles. The van der Waals surface area contributed by atoms with Crippen molar-refractivity contribution in [2.24, 2.45) is 0 Å². The summed E-state index contributed by atoms with van der Waals surface area (Å²) < 4.78 is 5.37. The van der Waals surface area contributed by atoms with E-state index in [0.29, 0.717) is 5.92 Å². The number of pyridine rings is 1. The van der Waals surface area contributed by atoms with Gasteiger partial charge in [0, 0.05) is 30.4 Å². The number of aryl methyl sites for hydroxylation is 2. The van der Waals surface area contributed by atoms with Crippen molar-refractivity contribution in [2.75, 3.05) is 20.2 Å². The van der Waals surface area contributed by atoms with Gasteiger partial charge in [-0.05, 0) is 62.1 Å². The lowest BCUT2D eigenvalue weighted by Crippen LogP contribution is -2.38. The van der Waals surface area contributed by atoms with E-state index in [1.165, 1.54) is 11.3 Å². The van der Waals surface area contributed by atoms with Gasteiger partial charge in [-0.3, -0.25) is 9.78 Å². The molecular formula is C23H25N3O2S. The first kappa shape index (κ1) is 19.6. The molecule has 1 aromatic carbocycles. The second-order valence-electron chi connectivity index (χ2n) is 7.49. The van der Waals surface area contributed by atoms with Gasteiger partial charge in [0.15, 0.2) is 0 Å². The van der Waals surface area contributed by atoms with Crippen molar-refractivity contribution in [3.8, 4) is 16.9 Å². The van der Waals surface area contributed by atoms with Gasteiger partial charge < -0.3 is 9.64 Å². The fourth-order valence-electron chi connectivity index (χ4n) is 3.90. The Bertz CT molecular complexity index is 1020. The third kappa shape index (κ3) is 4.17. The van der Waals surface area contributed by atoms with E-state index < -0.39 is 0 Å². The minimum absolute atomic E-state index is 0.109. The Labute approximate surface area is 175 Å². The van der Waals surface area contributed by atoms with Crippen LogP contribution in [-0.4, -0.2) is 41.0 Å². The minimum Gasteiger partial charge on any atom is -0.497 e. The van der Waals surface area contributed by atoms with Crippen LogP contribution in [-0.2, 0) is 0 Å². The van der Waals surface area contributed by atoms with Crippen LogP contribution in [0.25, 0.3) is 11.1 Å². The Morgan fingerprint density at radius 3 is 2.62 bits per heavy atom. The van der Waals surface area contributed by atoms with Crippen molar-refractivity contribution in [2.45, 2.75) is 32.6 Å². The number of amides is 1. The molecule has 0 unspecified atom stereocenters. The average Bonchev–Trinajstić information content (AvgIpc) is 3.18. The van der Waals surface area contributed by atoms with Gasteiger partial charge in [-0.2, -0.15) is 0 Å². The largest absolute Gasteiger partial charge is 0.497 e. The Hall–Kier alpha value is -2.73. The highest BCUT2D eigenvalue weighted by atomic mass is 32.1. The molecule has 1 fully saturated rings. The first-order valence-corrected chi connectivity index (χ1v) is 10.8. The molecule has 0 spiro atoms. The van der Waals surface area contributed by atoms with E-state index in [0.717, 1.165) is 64.8 Å². The van der Waals surface area contributed by atoms with E-state index in [9.17, 15) is 4.79 Å². The number of carbonyl (C=O) groups is 1. The molecule has 1 amide bonds. The third-order valence-corrected chi connectivity index (χ3v) is 6.43. The number of aromatic nitrogens is 2. The molecule has 5 nitrogen and oxygen atoms in total. The normalized spacial score (nSPS) is 14.8. The molecule has 3 aromatic rings. The molecule has 1 aliphatic rings. The van der Waals surface area contributed by atoms with Crippen LogP contribution in [0.15, 0.2) is 41.9 Å². The van der Waals surface area contributed by atoms with E-state index in [4.69, 9.17) is 9.72 Å². The van der Waals surface area contributed by atoms with Crippen LogP contribution < -0.4 is 4.74 Å².